The Balaban J connectivity index is 2.18. The molecule has 0 bridgehead atoms. The summed E-state index contributed by atoms with van der Waals surface area (Å²) in [6, 6.07) is 0. The second kappa shape index (κ2) is 4.23. The van der Waals surface area contributed by atoms with E-state index in [9.17, 15) is 5.11 Å². The summed E-state index contributed by atoms with van der Waals surface area (Å²) in [4.78, 5) is 0. The number of hydrogen-bond donors (Lipinski definition) is 1. The summed E-state index contributed by atoms with van der Waals surface area (Å²) in [6.45, 7) is 5.14. The molecule has 1 aromatic rings. The Bertz CT molecular complexity index is 372. The van der Waals surface area contributed by atoms with Crippen LogP contribution in [-0.2, 0) is 13.0 Å². The molecule has 2 nitrogen and oxygen atoms in total. The summed E-state index contributed by atoms with van der Waals surface area (Å²) < 4.78 is 2.17. The molecule has 1 heterocycles. The molecule has 0 saturated carbocycles. The topological polar surface area (TPSA) is 25.2 Å². The standard InChI is InChI=1S/C13H19NO/c1-10(2)6-7-14-8-11-4-3-5-13(15)12(11)9-14/h6,8-9,13,15H,3-5,7H2,1-2H3. The van der Waals surface area contributed by atoms with Crippen LogP contribution >= 0.6 is 0 Å². The van der Waals surface area contributed by atoms with Crippen LogP contribution in [0.3, 0.4) is 0 Å². The Kier molecular flexibility index (Phi) is 2.96. The van der Waals surface area contributed by atoms with Crippen molar-refractivity contribution in [3.8, 4) is 0 Å². The first kappa shape index (κ1) is 10.5. The molecule has 2 rings (SSSR count). The van der Waals surface area contributed by atoms with Gasteiger partial charge in [0.15, 0.2) is 0 Å². The van der Waals surface area contributed by atoms with Gasteiger partial charge in [0.25, 0.3) is 0 Å². The summed E-state index contributed by atoms with van der Waals surface area (Å²) in [5.74, 6) is 0. The fourth-order valence-electron chi connectivity index (χ4n) is 2.12. The highest BCUT2D eigenvalue weighted by molar-refractivity contribution is 5.29. The summed E-state index contributed by atoms with van der Waals surface area (Å²) >= 11 is 0. The Hall–Kier alpha value is -1.02. The molecule has 1 unspecified atom stereocenters. The molecular formula is C13H19NO. The van der Waals surface area contributed by atoms with Gasteiger partial charge in [-0.1, -0.05) is 11.6 Å². The number of nitrogens with zero attached hydrogens (tertiary/aromatic N) is 1. The van der Waals surface area contributed by atoms with Gasteiger partial charge in [0.2, 0.25) is 0 Å². The van der Waals surface area contributed by atoms with Crippen LogP contribution in [0.25, 0.3) is 0 Å². The van der Waals surface area contributed by atoms with Gasteiger partial charge in [-0.25, -0.2) is 0 Å². The molecule has 82 valence electrons. The zero-order valence-corrected chi connectivity index (χ0v) is 9.53. The first-order valence-electron chi connectivity index (χ1n) is 5.67. The number of aromatic nitrogens is 1. The van der Waals surface area contributed by atoms with E-state index in [-0.39, 0.29) is 6.10 Å². The third kappa shape index (κ3) is 2.32. The van der Waals surface area contributed by atoms with E-state index in [2.05, 4.69) is 36.9 Å². The van der Waals surface area contributed by atoms with Crippen molar-refractivity contribution in [3.63, 3.8) is 0 Å². The maximum absolute atomic E-state index is 9.82. The predicted octanol–water partition coefficient (Wildman–Crippen LogP) is 2.82. The average molecular weight is 205 g/mol. The van der Waals surface area contributed by atoms with Crippen LogP contribution in [0, 0.1) is 0 Å². The molecule has 0 aliphatic heterocycles. The summed E-state index contributed by atoms with van der Waals surface area (Å²) in [5.41, 5.74) is 3.81. The molecule has 0 fully saturated rings. The van der Waals surface area contributed by atoms with E-state index < -0.39 is 0 Å². The van der Waals surface area contributed by atoms with Gasteiger partial charge < -0.3 is 9.67 Å². The first-order valence-corrected chi connectivity index (χ1v) is 5.67. The van der Waals surface area contributed by atoms with Crippen molar-refractivity contribution in [1.82, 2.24) is 4.57 Å². The van der Waals surface area contributed by atoms with Crippen LogP contribution in [0.4, 0.5) is 0 Å². The lowest BCUT2D eigenvalue weighted by molar-refractivity contribution is 0.157. The van der Waals surface area contributed by atoms with Crippen molar-refractivity contribution >= 4 is 0 Å². The van der Waals surface area contributed by atoms with Gasteiger partial charge in [0.1, 0.15) is 0 Å². The van der Waals surface area contributed by atoms with Crippen molar-refractivity contribution in [2.24, 2.45) is 0 Å². The Labute approximate surface area is 91.2 Å². The van der Waals surface area contributed by atoms with Crippen LogP contribution in [0.2, 0.25) is 0 Å². The zero-order chi connectivity index (χ0) is 10.8. The van der Waals surface area contributed by atoms with Crippen LogP contribution < -0.4 is 0 Å². The highest BCUT2D eigenvalue weighted by Gasteiger charge is 2.19. The smallest absolute Gasteiger partial charge is 0.0807 e. The van der Waals surface area contributed by atoms with Gasteiger partial charge in [-0.3, -0.25) is 0 Å². The van der Waals surface area contributed by atoms with E-state index in [0.29, 0.717) is 0 Å². The number of aryl methyl sites for hydroxylation is 1. The Morgan fingerprint density at radius 2 is 2.33 bits per heavy atom. The zero-order valence-electron chi connectivity index (χ0n) is 9.53. The molecule has 1 aromatic heterocycles. The first-order chi connectivity index (χ1) is 7.16. The van der Waals surface area contributed by atoms with Crippen molar-refractivity contribution in [1.29, 1.82) is 0 Å². The van der Waals surface area contributed by atoms with Crippen molar-refractivity contribution in [2.75, 3.05) is 0 Å². The third-order valence-electron chi connectivity index (χ3n) is 2.99. The van der Waals surface area contributed by atoms with E-state index in [4.69, 9.17) is 0 Å². The maximum Gasteiger partial charge on any atom is 0.0807 e. The minimum Gasteiger partial charge on any atom is -0.388 e. The van der Waals surface area contributed by atoms with E-state index in [1.807, 2.05) is 0 Å². The molecule has 0 aromatic carbocycles. The quantitative estimate of drug-likeness (QED) is 0.738. The molecule has 1 atom stereocenters. The molecule has 0 radical (unpaired) electrons. The van der Waals surface area contributed by atoms with Crippen LogP contribution in [0.5, 0.6) is 0 Å². The highest BCUT2D eigenvalue weighted by atomic mass is 16.3. The molecule has 1 aliphatic rings. The van der Waals surface area contributed by atoms with Gasteiger partial charge >= 0.3 is 0 Å². The fraction of sp³-hybridized carbons (Fsp3) is 0.538. The van der Waals surface area contributed by atoms with Gasteiger partial charge in [-0.15, -0.1) is 0 Å². The van der Waals surface area contributed by atoms with Gasteiger partial charge in [0.05, 0.1) is 6.10 Å². The minimum absolute atomic E-state index is 0.235. The van der Waals surface area contributed by atoms with Crippen molar-refractivity contribution < 1.29 is 5.11 Å². The third-order valence-corrected chi connectivity index (χ3v) is 2.99. The fourth-order valence-corrected chi connectivity index (χ4v) is 2.12. The van der Waals surface area contributed by atoms with Crippen LogP contribution in [0.15, 0.2) is 24.0 Å². The Morgan fingerprint density at radius 3 is 3.00 bits per heavy atom. The molecule has 2 heteroatoms. The molecule has 0 spiro atoms. The SMILES string of the molecule is CC(C)=CCn1cc2c(c1)C(O)CCC2. The largest absolute Gasteiger partial charge is 0.388 e. The summed E-state index contributed by atoms with van der Waals surface area (Å²) in [5, 5.41) is 9.82. The van der Waals surface area contributed by atoms with E-state index in [1.54, 1.807) is 0 Å². The summed E-state index contributed by atoms with van der Waals surface area (Å²) in [6.07, 6.45) is 9.39. The van der Waals surface area contributed by atoms with Gasteiger partial charge in [-0.2, -0.15) is 0 Å². The normalized spacial score (nSPS) is 19.8. The number of fused-ring (bicyclic) bond motifs is 1. The number of hydrogen-bond acceptors (Lipinski definition) is 1. The second-order valence-electron chi connectivity index (χ2n) is 4.63. The van der Waals surface area contributed by atoms with Crippen molar-refractivity contribution in [3.05, 3.63) is 35.2 Å². The Morgan fingerprint density at radius 1 is 1.53 bits per heavy atom. The molecule has 1 aliphatic carbocycles. The lowest BCUT2D eigenvalue weighted by atomic mass is 9.93. The minimum atomic E-state index is -0.235. The summed E-state index contributed by atoms with van der Waals surface area (Å²) in [7, 11) is 0. The second-order valence-corrected chi connectivity index (χ2v) is 4.63. The predicted molar refractivity (Wildman–Crippen MR) is 61.8 cm³/mol. The van der Waals surface area contributed by atoms with E-state index in [0.717, 1.165) is 31.4 Å². The molecule has 15 heavy (non-hydrogen) atoms. The maximum atomic E-state index is 9.82. The molecule has 0 saturated heterocycles. The van der Waals surface area contributed by atoms with E-state index >= 15 is 0 Å². The number of aliphatic hydroxyl groups is 1. The average Bonchev–Trinajstić information content (AvgIpc) is 2.59. The lowest BCUT2D eigenvalue weighted by Gasteiger charge is -2.16. The van der Waals surface area contributed by atoms with Crippen LogP contribution in [0.1, 0.15) is 43.9 Å². The highest BCUT2D eigenvalue weighted by Crippen LogP contribution is 2.30. The molecule has 1 N–H and O–H groups in total. The number of aliphatic hydroxyl groups excluding tert-OH is 1. The van der Waals surface area contributed by atoms with Crippen molar-refractivity contribution in [2.45, 2.75) is 45.8 Å². The number of allylic oxidation sites excluding steroid dienone is 2. The molecular weight excluding hydrogens is 186 g/mol. The van der Waals surface area contributed by atoms with E-state index in [1.165, 1.54) is 11.1 Å². The molecule has 0 amide bonds. The van der Waals surface area contributed by atoms with Gasteiger partial charge in [-0.05, 0) is 38.7 Å². The van der Waals surface area contributed by atoms with Gasteiger partial charge in [0, 0.05) is 24.5 Å². The lowest BCUT2D eigenvalue weighted by Crippen LogP contribution is -2.05. The monoisotopic (exact) mass is 205 g/mol. The van der Waals surface area contributed by atoms with Crippen LogP contribution in [-0.4, -0.2) is 9.67 Å². The number of rotatable bonds is 2.